The quantitative estimate of drug-likeness (QED) is 0.440. The highest BCUT2D eigenvalue weighted by molar-refractivity contribution is 7.99. The fourth-order valence-electron chi connectivity index (χ4n) is 3.17. The van der Waals surface area contributed by atoms with Crippen molar-refractivity contribution < 1.29 is 4.79 Å². The summed E-state index contributed by atoms with van der Waals surface area (Å²) in [6.45, 7) is 0.663. The summed E-state index contributed by atoms with van der Waals surface area (Å²) in [6.07, 6.45) is 2.71. The molecule has 0 saturated heterocycles. The van der Waals surface area contributed by atoms with Gasteiger partial charge in [-0.05, 0) is 29.8 Å². The Morgan fingerprint density at radius 2 is 1.70 bits per heavy atom. The van der Waals surface area contributed by atoms with E-state index in [4.69, 9.17) is 0 Å². The molecule has 0 aliphatic carbocycles. The highest BCUT2D eigenvalue weighted by Crippen LogP contribution is 2.21. The molecule has 0 fully saturated rings. The number of hydrogen-bond donors (Lipinski definition) is 1. The molecule has 2 aromatic carbocycles. The molecule has 2 heterocycles. The van der Waals surface area contributed by atoms with Crippen LogP contribution < -0.4 is 5.32 Å². The molecule has 152 valence electrons. The van der Waals surface area contributed by atoms with E-state index in [1.807, 2.05) is 67.8 Å². The lowest BCUT2D eigenvalue weighted by atomic mass is 10.2. The van der Waals surface area contributed by atoms with Gasteiger partial charge in [-0.1, -0.05) is 60.3 Å². The molecule has 30 heavy (non-hydrogen) atoms. The molecule has 1 amide bonds. The maximum Gasteiger partial charge on any atom is 0.234 e. The molecule has 0 saturated carbocycles. The van der Waals surface area contributed by atoms with Crippen LogP contribution in [0.1, 0.15) is 17.1 Å². The summed E-state index contributed by atoms with van der Waals surface area (Å²) in [6, 6.07) is 23.8. The number of aromatic nitrogens is 4. The molecule has 0 atom stereocenters. The number of carbonyl (C=O) groups excluding carboxylic acids is 1. The van der Waals surface area contributed by atoms with E-state index in [0.29, 0.717) is 13.0 Å². The van der Waals surface area contributed by atoms with Crippen LogP contribution in [0.5, 0.6) is 0 Å². The van der Waals surface area contributed by atoms with Gasteiger partial charge in [0, 0.05) is 31.0 Å². The minimum Gasteiger partial charge on any atom is -0.354 e. The van der Waals surface area contributed by atoms with Crippen LogP contribution in [-0.2, 0) is 24.8 Å². The molecule has 2 aromatic heterocycles. The number of carbonyl (C=O) groups is 1. The fraction of sp³-hybridized carbons (Fsp3) is 0.174. The lowest BCUT2D eigenvalue weighted by Crippen LogP contribution is -2.15. The number of nitrogens with zero attached hydrogens (tertiary/aromatic N) is 4. The summed E-state index contributed by atoms with van der Waals surface area (Å²) in [5.74, 6) is 1.09. The summed E-state index contributed by atoms with van der Waals surface area (Å²) in [4.78, 5) is 12.4. The van der Waals surface area contributed by atoms with Gasteiger partial charge in [0.1, 0.15) is 5.82 Å². The average molecular weight is 418 g/mol. The number of hydrogen-bond acceptors (Lipinski definition) is 4. The lowest BCUT2D eigenvalue weighted by Gasteiger charge is -2.11. The van der Waals surface area contributed by atoms with Gasteiger partial charge >= 0.3 is 0 Å². The topological polar surface area (TPSA) is 64.7 Å². The van der Waals surface area contributed by atoms with Crippen molar-refractivity contribution in [3.8, 4) is 0 Å². The Morgan fingerprint density at radius 1 is 0.967 bits per heavy atom. The summed E-state index contributed by atoms with van der Waals surface area (Å²) in [7, 11) is 2.02. The van der Waals surface area contributed by atoms with Gasteiger partial charge in [-0.15, -0.1) is 10.2 Å². The van der Waals surface area contributed by atoms with Crippen molar-refractivity contribution in [3.05, 3.63) is 96.1 Å². The van der Waals surface area contributed by atoms with Gasteiger partial charge in [0.25, 0.3) is 0 Å². The highest BCUT2D eigenvalue weighted by atomic mass is 32.2. The third kappa shape index (κ3) is 4.99. The van der Waals surface area contributed by atoms with E-state index in [1.165, 1.54) is 17.3 Å². The maximum atomic E-state index is 12.4. The predicted molar refractivity (Wildman–Crippen MR) is 120 cm³/mol. The molecular formula is C23H23N5OS. The number of rotatable bonds is 8. The van der Waals surface area contributed by atoms with E-state index in [1.54, 1.807) is 0 Å². The van der Waals surface area contributed by atoms with E-state index in [2.05, 4.69) is 42.8 Å². The van der Waals surface area contributed by atoms with Crippen molar-refractivity contribution in [3.63, 3.8) is 0 Å². The van der Waals surface area contributed by atoms with E-state index >= 15 is 0 Å². The van der Waals surface area contributed by atoms with Crippen molar-refractivity contribution in [2.45, 2.75) is 18.1 Å². The van der Waals surface area contributed by atoms with Gasteiger partial charge in [-0.3, -0.25) is 4.79 Å². The Labute approximate surface area is 180 Å². The lowest BCUT2D eigenvalue weighted by molar-refractivity contribution is -0.113. The molecule has 6 nitrogen and oxygen atoms in total. The van der Waals surface area contributed by atoms with Crippen LogP contribution >= 0.6 is 11.8 Å². The first kappa shape index (κ1) is 20.0. The fourth-order valence-corrected chi connectivity index (χ4v) is 3.93. The number of anilines is 1. The second kappa shape index (κ2) is 9.45. The molecular weight excluding hydrogens is 394 g/mol. The molecule has 0 bridgehead atoms. The zero-order valence-electron chi connectivity index (χ0n) is 16.7. The number of para-hydroxylation sites is 1. The Morgan fingerprint density at radius 3 is 2.40 bits per heavy atom. The van der Waals surface area contributed by atoms with Crippen molar-refractivity contribution in [1.82, 2.24) is 19.3 Å². The van der Waals surface area contributed by atoms with Gasteiger partial charge in [0.2, 0.25) is 5.91 Å². The van der Waals surface area contributed by atoms with E-state index in [9.17, 15) is 4.79 Å². The number of amides is 1. The molecule has 0 radical (unpaired) electrons. The molecule has 4 aromatic rings. The summed E-state index contributed by atoms with van der Waals surface area (Å²) in [5, 5.41) is 12.5. The van der Waals surface area contributed by atoms with Crippen molar-refractivity contribution >= 4 is 23.4 Å². The van der Waals surface area contributed by atoms with Gasteiger partial charge in [-0.2, -0.15) is 0 Å². The SMILES string of the molecule is Cn1cccc1Cc1nnc(SCC(=O)Nc2ccccc2)n1Cc1ccccc1. The Hall–Kier alpha value is -3.32. The standard InChI is InChI=1S/C23H23N5OS/c1-27-14-8-13-20(27)15-21-25-26-23(28(21)16-18-9-4-2-5-10-18)30-17-22(29)24-19-11-6-3-7-12-19/h2-14H,15-17H2,1H3,(H,24,29). The van der Waals surface area contributed by atoms with Crippen LogP contribution in [0.15, 0.2) is 84.1 Å². The smallest absolute Gasteiger partial charge is 0.234 e. The van der Waals surface area contributed by atoms with Gasteiger partial charge in [0.15, 0.2) is 5.16 Å². The molecule has 0 aliphatic heterocycles. The predicted octanol–water partition coefficient (Wildman–Crippen LogP) is 3.99. The van der Waals surface area contributed by atoms with Crippen LogP contribution in [0.4, 0.5) is 5.69 Å². The number of benzene rings is 2. The number of nitrogens with one attached hydrogen (secondary N) is 1. The first-order valence-electron chi connectivity index (χ1n) is 9.73. The zero-order valence-corrected chi connectivity index (χ0v) is 17.5. The molecule has 0 aliphatic rings. The molecule has 0 unspecified atom stereocenters. The van der Waals surface area contributed by atoms with Crippen molar-refractivity contribution in [2.75, 3.05) is 11.1 Å². The first-order valence-corrected chi connectivity index (χ1v) is 10.7. The van der Waals surface area contributed by atoms with Gasteiger partial charge in [0.05, 0.1) is 12.3 Å². The maximum absolute atomic E-state index is 12.4. The summed E-state index contributed by atoms with van der Waals surface area (Å²) in [5.41, 5.74) is 3.12. The Kier molecular flexibility index (Phi) is 6.29. The minimum absolute atomic E-state index is 0.0653. The molecule has 0 spiro atoms. The first-order chi connectivity index (χ1) is 14.7. The monoisotopic (exact) mass is 417 g/mol. The van der Waals surface area contributed by atoms with E-state index in [0.717, 1.165) is 22.4 Å². The summed E-state index contributed by atoms with van der Waals surface area (Å²) >= 11 is 1.40. The second-order valence-corrected chi connectivity index (χ2v) is 7.90. The molecule has 1 N–H and O–H groups in total. The number of thioether (sulfide) groups is 1. The van der Waals surface area contributed by atoms with Crippen LogP contribution in [0.25, 0.3) is 0 Å². The molecule has 7 heteroatoms. The van der Waals surface area contributed by atoms with Crippen LogP contribution in [-0.4, -0.2) is 31.0 Å². The van der Waals surface area contributed by atoms with Crippen LogP contribution in [0.2, 0.25) is 0 Å². The zero-order chi connectivity index (χ0) is 20.8. The largest absolute Gasteiger partial charge is 0.354 e. The minimum atomic E-state index is -0.0653. The van der Waals surface area contributed by atoms with Crippen molar-refractivity contribution in [1.29, 1.82) is 0 Å². The van der Waals surface area contributed by atoms with E-state index < -0.39 is 0 Å². The highest BCUT2D eigenvalue weighted by Gasteiger charge is 2.16. The second-order valence-electron chi connectivity index (χ2n) is 6.96. The average Bonchev–Trinajstić information content (AvgIpc) is 3.34. The van der Waals surface area contributed by atoms with Gasteiger partial charge in [-0.25, -0.2) is 0 Å². The Bertz CT molecular complexity index is 1110. The van der Waals surface area contributed by atoms with Gasteiger partial charge < -0.3 is 14.5 Å². The Balaban J connectivity index is 1.51. The van der Waals surface area contributed by atoms with E-state index in [-0.39, 0.29) is 11.7 Å². The third-order valence-corrected chi connectivity index (χ3v) is 5.72. The third-order valence-electron chi connectivity index (χ3n) is 4.76. The normalized spacial score (nSPS) is 10.8. The van der Waals surface area contributed by atoms with Crippen LogP contribution in [0.3, 0.4) is 0 Å². The summed E-state index contributed by atoms with van der Waals surface area (Å²) < 4.78 is 4.18. The van der Waals surface area contributed by atoms with Crippen LogP contribution in [0, 0.1) is 0 Å². The molecule has 4 rings (SSSR count). The number of aryl methyl sites for hydroxylation is 1. The van der Waals surface area contributed by atoms with Crippen molar-refractivity contribution in [2.24, 2.45) is 7.05 Å².